The van der Waals surface area contributed by atoms with E-state index in [2.05, 4.69) is 10.2 Å². The number of rotatable bonds is 5. The average Bonchev–Trinajstić information content (AvgIpc) is 2.77. The number of carbonyl (C=O) groups is 1. The lowest BCUT2D eigenvalue weighted by molar-refractivity contribution is -0.148. The predicted molar refractivity (Wildman–Crippen MR) is 59.8 cm³/mol. The fraction of sp³-hybridized carbons (Fsp3) is 0.909. The maximum atomic E-state index is 11.6. The standard InChI is InChI=1S/C11H22N2O2/c1-11(12-2,10(14)15-3)6-9-13-7-4-5-8-13/h12H,4-9H2,1-3H3. The number of hydrogen-bond donors (Lipinski definition) is 1. The number of nitrogens with one attached hydrogen (secondary N) is 1. The van der Waals surface area contributed by atoms with Crippen LogP contribution in [0.1, 0.15) is 26.2 Å². The second-order valence-electron chi connectivity index (χ2n) is 4.37. The number of hydrogen-bond acceptors (Lipinski definition) is 4. The number of likely N-dealkylation sites (tertiary alicyclic amines) is 1. The second kappa shape index (κ2) is 5.47. The van der Waals surface area contributed by atoms with Crippen molar-refractivity contribution in [2.75, 3.05) is 33.8 Å². The van der Waals surface area contributed by atoms with Gasteiger partial charge in [0.25, 0.3) is 0 Å². The molecular weight excluding hydrogens is 192 g/mol. The van der Waals surface area contributed by atoms with Crippen LogP contribution in [-0.2, 0) is 9.53 Å². The minimum absolute atomic E-state index is 0.177. The van der Waals surface area contributed by atoms with E-state index in [1.54, 1.807) is 7.05 Å². The van der Waals surface area contributed by atoms with E-state index in [1.807, 2.05) is 6.92 Å². The van der Waals surface area contributed by atoms with Crippen LogP contribution >= 0.6 is 0 Å². The average molecular weight is 214 g/mol. The zero-order valence-corrected chi connectivity index (χ0v) is 10.0. The zero-order chi connectivity index (χ0) is 11.3. The minimum atomic E-state index is -0.544. The quantitative estimate of drug-likeness (QED) is 0.681. The van der Waals surface area contributed by atoms with Crippen LogP contribution in [-0.4, -0.2) is 50.2 Å². The summed E-state index contributed by atoms with van der Waals surface area (Å²) in [6.45, 7) is 5.20. The van der Waals surface area contributed by atoms with Crippen molar-refractivity contribution < 1.29 is 9.53 Å². The van der Waals surface area contributed by atoms with Gasteiger partial charge in [0, 0.05) is 6.54 Å². The molecule has 0 saturated carbocycles. The molecule has 1 N–H and O–H groups in total. The summed E-state index contributed by atoms with van der Waals surface area (Å²) in [4.78, 5) is 14.0. The number of nitrogens with zero attached hydrogens (tertiary/aromatic N) is 1. The van der Waals surface area contributed by atoms with Crippen LogP contribution in [0.5, 0.6) is 0 Å². The maximum Gasteiger partial charge on any atom is 0.325 e. The summed E-state index contributed by atoms with van der Waals surface area (Å²) in [5.74, 6) is -0.177. The molecule has 0 amide bonds. The highest BCUT2D eigenvalue weighted by atomic mass is 16.5. The van der Waals surface area contributed by atoms with Gasteiger partial charge in [0.1, 0.15) is 5.54 Å². The summed E-state index contributed by atoms with van der Waals surface area (Å²) < 4.78 is 4.80. The van der Waals surface area contributed by atoms with Gasteiger partial charge in [-0.15, -0.1) is 0 Å². The molecule has 1 saturated heterocycles. The van der Waals surface area contributed by atoms with Crippen molar-refractivity contribution >= 4 is 5.97 Å². The largest absolute Gasteiger partial charge is 0.468 e. The molecule has 0 radical (unpaired) electrons. The molecule has 0 aromatic carbocycles. The van der Waals surface area contributed by atoms with Gasteiger partial charge in [-0.25, -0.2) is 0 Å². The van der Waals surface area contributed by atoms with Crippen LogP contribution in [0, 0.1) is 0 Å². The van der Waals surface area contributed by atoms with Crippen LogP contribution < -0.4 is 5.32 Å². The van der Waals surface area contributed by atoms with E-state index in [4.69, 9.17) is 4.74 Å². The number of carbonyl (C=O) groups excluding carboxylic acids is 1. The Kier molecular flexibility index (Phi) is 4.54. The number of likely N-dealkylation sites (N-methyl/N-ethyl adjacent to an activating group) is 1. The van der Waals surface area contributed by atoms with Crippen molar-refractivity contribution in [3.8, 4) is 0 Å². The lowest BCUT2D eigenvalue weighted by Gasteiger charge is -2.28. The van der Waals surface area contributed by atoms with Crippen LogP contribution in [0.25, 0.3) is 0 Å². The van der Waals surface area contributed by atoms with Gasteiger partial charge in [0.15, 0.2) is 0 Å². The molecule has 1 fully saturated rings. The highest BCUT2D eigenvalue weighted by molar-refractivity contribution is 5.80. The maximum absolute atomic E-state index is 11.6. The molecule has 1 aliphatic heterocycles. The smallest absolute Gasteiger partial charge is 0.325 e. The van der Waals surface area contributed by atoms with Gasteiger partial charge in [-0.1, -0.05) is 0 Å². The Labute approximate surface area is 92.0 Å². The zero-order valence-electron chi connectivity index (χ0n) is 10.0. The Hall–Kier alpha value is -0.610. The molecule has 1 unspecified atom stereocenters. The van der Waals surface area contributed by atoms with Crippen molar-refractivity contribution in [3.05, 3.63) is 0 Å². The molecular formula is C11H22N2O2. The molecule has 1 atom stereocenters. The van der Waals surface area contributed by atoms with Crippen molar-refractivity contribution in [1.82, 2.24) is 10.2 Å². The molecule has 1 rings (SSSR count). The Morgan fingerprint density at radius 3 is 2.53 bits per heavy atom. The summed E-state index contributed by atoms with van der Waals surface area (Å²) in [6.07, 6.45) is 3.37. The first-order chi connectivity index (χ1) is 7.12. The van der Waals surface area contributed by atoms with E-state index >= 15 is 0 Å². The van der Waals surface area contributed by atoms with Gasteiger partial charge < -0.3 is 15.0 Å². The van der Waals surface area contributed by atoms with E-state index in [0.29, 0.717) is 0 Å². The van der Waals surface area contributed by atoms with Crippen LogP contribution in [0.2, 0.25) is 0 Å². The molecule has 4 heteroatoms. The van der Waals surface area contributed by atoms with E-state index in [9.17, 15) is 4.79 Å². The molecule has 0 bridgehead atoms. The Bertz CT molecular complexity index is 215. The third-order valence-corrected chi connectivity index (χ3v) is 3.31. The fourth-order valence-corrected chi connectivity index (χ4v) is 1.94. The van der Waals surface area contributed by atoms with Crippen molar-refractivity contribution in [2.45, 2.75) is 31.7 Å². The van der Waals surface area contributed by atoms with Crippen molar-refractivity contribution in [3.63, 3.8) is 0 Å². The fourth-order valence-electron chi connectivity index (χ4n) is 1.94. The number of esters is 1. The summed E-state index contributed by atoms with van der Waals surface area (Å²) in [5, 5.41) is 3.05. The van der Waals surface area contributed by atoms with Gasteiger partial charge in [-0.05, 0) is 46.3 Å². The molecule has 0 aromatic rings. The third kappa shape index (κ3) is 3.18. The molecule has 4 nitrogen and oxygen atoms in total. The summed E-state index contributed by atoms with van der Waals surface area (Å²) in [7, 11) is 3.24. The van der Waals surface area contributed by atoms with Gasteiger partial charge >= 0.3 is 5.97 Å². The summed E-state index contributed by atoms with van der Waals surface area (Å²) >= 11 is 0. The van der Waals surface area contributed by atoms with Crippen LogP contribution in [0.3, 0.4) is 0 Å². The third-order valence-electron chi connectivity index (χ3n) is 3.31. The van der Waals surface area contributed by atoms with Crippen molar-refractivity contribution in [1.29, 1.82) is 0 Å². The summed E-state index contributed by atoms with van der Waals surface area (Å²) in [5.41, 5.74) is -0.544. The van der Waals surface area contributed by atoms with Gasteiger partial charge in [0.2, 0.25) is 0 Å². The van der Waals surface area contributed by atoms with E-state index < -0.39 is 5.54 Å². The second-order valence-corrected chi connectivity index (χ2v) is 4.37. The number of ether oxygens (including phenoxy) is 1. The lowest BCUT2D eigenvalue weighted by Crippen LogP contribution is -2.50. The monoisotopic (exact) mass is 214 g/mol. The van der Waals surface area contributed by atoms with Crippen molar-refractivity contribution in [2.24, 2.45) is 0 Å². The van der Waals surface area contributed by atoms with E-state index in [-0.39, 0.29) is 5.97 Å². The Morgan fingerprint density at radius 2 is 2.07 bits per heavy atom. The first kappa shape index (κ1) is 12.5. The lowest BCUT2D eigenvalue weighted by atomic mass is 9.98. The predicted octanol–water partition coefficient (Wildman–Crippen LogP) is 0.623. The Balaban J connectivity index is 2.41. The molecule has 0 aliphatic carbocycles. The van der Waals surface area contributed by atoms with Crippen LogP contribution in [0.15, 0.2) is 0 Å². The minimum Gasteiger partial charge on any atom is -0.468 e. The van der Waals surface area contributed by atoms with Gasteiger partial charge in [0.05, 0.1) is 7.11 Å². The number of methoxy groups -OCH3 is 1. The normalized spacial score (nSPS) is 21.3. The highest BCUT2D eigenvalue weighted by Gasteiger charge is 2.32. The topological polar surface area (TPSA) is 41.6 Å². The molecule has 0 aromatic heterocycles. The SMILES string of the molecule is CNC(C)(CCN1CCCC1)C(=O)OC. The Morgan fingerprint density at radius 1 is 1.47 bits per heavy atom. The van der Waals surface area contributed by atoms with Gasteiger partial charge in [-0.2, -0.15) is 0 Å². The first-order valence-corrected chi connectivity index (χ1v) is 5.62. The molecule has 1 heterocycles. The molecule has 1 aliphatic rings. The van der Waals surface area contributed by atoms with Crippen LogP contribution in [0.4, 0.5) is 0 Å². The van der Waals surface area contributed by atoms with E-state index in [1.165, 1.54) is 33.0 Å². The van der Waals surface area contributed by atoms with E-state index in [0.717, 1.165) is 13.0 Å². The molecule has 0 spiro atoms. The molecule has 88 valence electrons. The molecule has 15 heavy (non-hydrogen) atoms. The summed E-state index contributed by atoms with van der Waals surface area (Å²) in [6, 6.07) is 0. The first-order valence-electron chi connectivity index (χ1n) is 5.62. The van der Waals surface area contributed by atoms with Gasteiger partial charge in [-0.3, -0.25) is 4.79 Å². The highest BCUT2D eigenvalue weighted by Crippen LogP contribution is 2.15.